The topological polar surface area (TPSA) is 67.1 Å². The monoisotopic (exact) mass is 397 g/mol. The van der Waals surface area contributed by atoms with Crippen LogP contribution in [0.2, 0.25) is 10.0 Å². The number of benzene rings is 1. The third-order valence-corrected chi connectivity index (χ3v) is 6.20. The Balaban J connectivity index is 1.70. The maximum Gasteiger partial charge on any atom is 0.158 e. The van der Waals surface area contributed by atoms with E-state index in [0.29, 0.717) is 26.8 Å². The van der Waals surface area contributed by atoms with Crippen molar-refractivity contribution < 1.29 is 0 Å². The highest BCUT2D eigenvalue weighted by Crippen LogP contribution is 2.38. The molecule has 1 unspecified atom stereocenters. The highest BCUT2D eigenvalue weighted by Gasteiger charge is 2.17. The molecular weight excluding hydrogens is 377 g/mol. The fraction of sp³-hybridized carbons (Fsp3) is 0.412. The number of piperidine rings is 1. The number of aromatic nitrogens is 2. The Morgan fingerprint density at radius 1 is 1.40 bits per heavy atom. The number of nitrogens with two attached hydrogens (primary N) is 1. The second-order valence-electron chi connectivity index (χ2n) is 6.17. The van der Waals surface area contributed by atoms with Gasteiger partial charge in [-0.3, -0.25) is 0 Å². The smallest absolute Gasteiger partial charge is 0.158 e. The van der Waals surface area contributed by atoms with Crippen LogP contribution in [0.1, 0.15) is 12.8 Å². The van der Waals surface area contributed by atoms with E-state index in [4.69, 9.17) is 28.9 Å². The molecule has 0 spiro atoms. The molecule has 1 aromatic carbocycles. The summed E-state index contributed by atoms with van der Waals surface area (Å²) in [6.45, 7) is 3.10. The van der Waals surface area contributed by atoms with Gasteiger partial charge in [0.15, 0.2) is 5.82 Å². The Hall–Kier alpha value is -1.21. The Kier molecular flexibility index (Phi) is 6.28. The minimum Gasteiger partial charge on any atom is -0.381 e. The van der Waals surface area contributed by atoms with Crippen LogP contribution in [0.3, 0.4) is 0 Å². The summed E-state index contributed by atoms with van der Waals surface area (Å²) in [6.07, 6.45) is 4.22. The number of nitrogens with zero attached hydrogens (tertiary/aromatic N) is 3. The fourth-order valence-corrected chi connectivity index (χ4v) is 4.16. The van der Waals surface area contributed by atoms with E-state index in [9.17, 15) is 0 Å². The van der Waals surface area contributed by atoms with Crippen molar-refractivity contribution in [2.45, 2.75) is 22.8 Å². The molecule has 0 bridgehead atoms. The van der Waals surface area contributed by atoms with Crippen molar-refractivity contribution in [3.63, 3.8) is 0 Å². The lowest BCUT2D eigenvalue weighted by atomic mass is 9.99. The molecule has 1 fully saturated rings. The molecule has 1 atom stereocenters. The normalized spacial score (nSPS) is 17.5. The molecule has 2 aromatic rings. The third-order valence-electron chi connectivity index (χ3n) is 4.20. The number of anilines is 2. The van der Waals surface area contributed by atoms with Crippen LogP contribution in [0.4, 0.5) is 11.6 Å². The number of nitrogen functional groups attached to an aromatic ring is 1. The lowest BCUT2D eigenvalue weighted by molar-refractivity contribution is 0.380. The van der Waals surface area contributed by atoms with Crippen molar-refractivity contribution in [2.24, 2.45) is 5.92 Å². The Morgan fingerprint density at radius 3 is 2.96 bits per heavy atom. The first-order valence-corrected chi connectivity index (χ1v) is 9.78. The molecule has 8 heteroatoms. The van der Waals surface area contributed by atoms with Crippen LogP contribution in [-0.2, 0) is 0 Å². The summed E-state index contributed by atoms with van der Waals surface area (Å²) in [5.74, 6) is 1.80. The molecule has 134 valence electrons. The molecule has 3 N–H and O–H groups in total. The van der Waals surface area contributed by atoms with E-state index in [1.54, 1.807) is 12.3 Å². The first-order valence-electron chi connectivity index (χ1n) is 8.21. The van der Waals surface area contributed by atoms with Gasteiger partial charge in [0, 0.05) is 18.5 Å². The number of hydrogen-bond donors (Lipinski definition) is 2. The van der Waals surface area contributed by atoms with Crippen LogP contribution in [0, 0.1) is 5.92 Å². The van der Waals surface area contributed by atoms with Gasteiger partial charge in [-0.2, -0.15) is 0 Å². The standard InChI is InChI=1S/C17H21Cl2N5S/c1-24(10-11-4-3-7-21-8-11)14-9-22-17(16(20)23-14)25-13-6-2-5-12(18)15(13)19/h2,5-6,9,11,21H,3-4,7-8,10H2,1H3,(H2,20,23). The fourth-order valence-electron chi connectivity index (χ4n) is 2.87. The summed E-state index contributed by atoms with van der Waals surface area (Å²) < 4.78 is 0. The molecule has 1 aromatic heterocycles. The Bertz CT molecular complexity index is 737. The van der Waals surface area contributed by atoms with Crippen molar-refractivity contribution in [3.05, 3.63) is 34.4 Å². The molecule has 0 radical (unpaired) electrons. The molecule has 3 rings (SSSR count). The second-order valence-corrected chi connectivity index (χ2v) is 7.98. The molecule has 1 saturated heterocycles. The summed E-state index contributed by atoms with van der Waals surface area (Å²) in [4.78, 5) is 11.9. The second kappa shape index (κ2) is 8.45. The first kappa shape index (κ1) is 18.6. The van der Waals surface area contributed by atoms with E-state index < -0.39 is 0 Å². The van der Waals surface area contributed by atoms with Gasteiger partial charge in [0.1, 0.15) is 10.8 Å². The molecule has 1 aliphatic heterocycles. The molecule has 25 heavy (non-hydrogen) atoms. The minimum atomic E-state index is 0.396. The largest absolute Gasteiger partial charge is 0.381 e. The predicted octanol–water partition coefficient (Wildman–Crippen LogP) is 3.95. The zero-order valence-corrected chi connectivity index (χ0v) is 16.3. The van der Waals surface area contributed by atoms with E-state index in [1.807, 2.05) is 19.2 Å². The maximum atomic E-state index is 6.23. The average molecular weight is 398 g/mol. The number of halogens is 2. The van der Waals surface area contributed by atoms with Crippen molar-refractivity contribution in [3.8, 4) is 0 Å². The summed E-state index contributed by atoms with van der Waals surface area (Å²) >= 11 is 13.7. The van der Waals surface area contributed by atoms with Gasteiger partial charge in [-0.25, -0.2) is 9.97 Å². The molecule has 0 amide bonds. The highest BCUT2D eigenvalue weighted by atomic mass is 35.5. The van der Waals surface area contributed by atoms with Crippen LogP contribution in [-0.4, -0.2) is 36.6 Å². The molecule has 0 saturated carbocycles. The van der Waals surface area contributed by atoms with Gasteiger partial charge in [-0.15, -0.1) is 0 Å². The van der Waals surface area contributed by atoms with Crippen molar-refractivity contribution in [1.82, 2.24) is 15.3 Å². The van der Waals surface area contributed by atoms with Gasteiger partial charge in [-0.05, 0) is 44.0 Å². The summed E-state index contributed by atoms with van der Waals surface area (Å²) in [5, 5.41) is 5.07. The number of nitrogens with one attached hydrogen (secondary N) is 1. The molecular formula is C17H21Cl2N5S. The van der Waals surface area contributed by atoms with Crippen molar-refractivity contribution in [1.29, 1.82) is 0 Å². The van der Waals surface area contributed by atoms with Gasteiger partial charge in [-0.1, -0.05) is 41.0 Å². The van der Waals surface area contributed by atoms with Gasteiger partial charge in [0.2, 0.25) is 0 Å². The van der Waals surface area contributed by atoms with E-state index >= 15 is 0 Å². The van der Waals surface area contributed by atoms with Crippen LogP contribution < -0.4 is 16.0 Å². The first-order chi connectivity index (χ1) is 12.0. The van der Waals surface area contributed by atoms with E-state index in [2.05, 4.69) is 20.2 Å². The minimum absolute atomic E-state index is 0.396. The maximum absolute atomic E-state index is 6.23. The predicted molar refractivity (Wildman–Crippen MR) is 106 cm³/mol. The third kappa shape index (κ3) is 4.70. The van der Waals surface area contributed by atoms with E-state index in [1.165, 1.54) is 24.6 Å². The number of rotatable bonds is 5. The zero-order valence-electron chi connectivity index (χ0n) is 14.0. The van der Waals surface area contributed by atoms with Gasteiger partial charge >= 0.3 is 0 Å². The molecule has 1 aliphatic rings. The van der Waals surface area contributed by atoms with Crippen molar-refractivity contribution >= 4 is 46.6 Å². The Labute approximate surface area is 162 Å². The summed E-state index contributed by atoms with van der Waals surface area (Å²) in [7, 11) is 2.03. The lowest BCUT2D eigenvalue weighted by Gasteiger charge is -2.28. The highest BCUT2D eigenvalue weighted by molar-refractivity contribution is 7.99. The molecule has 2 heterocycles. The average Bonchev–Trinajstić information content (AvgIpc) is 2.61. The van der Waals surface area contributed by atoms with Crippen LogP contribution >= 0.6 is 35.0 Å². The van der Waals surface area contributed by atoms with E-state index in [0.717, 1.165) is 30.3 Å². The van der Waals surface area contributed by atoms with Crippen LogP contribution in [0.5, 0.6) is 0 Å². The quantitative estimate of drug-likeness (QED) is 0.795. The lowest BCUT2D eigenvalue weighted by Crippen LogP contribution is -2.37. The summed E-state index contributed by atoms with van der Waals surface area (Å²) in [5.41, 5.74) is 6.12. The van der Waals surface area contributed by atoms with Crippen molar-refractivity contribution in [2.75, 3.05) is 37.3 Å². The SMILES string of the molecule is CN(CC1CCCNC1)c1cnc(Sc2cccc(Cl)c2Cl)c(N)n1. The van der Waals surface area contributed by atoms with E-state index in [-0.39, 0.29) is 0 Å². The van der Waals surface area contributed by atoms with Gasteiger partial charge < -0.3 is 16.0 Å². The molecule has 0 aliphatic carbocycles. The Morgan fingerprint density at radius 2 is 2.24 bits per heavy atom. The van der Waals surface area contributed by atoms with Gasteiger partial charge in [0.25, 0.3) is 0 Å². The number of hydrogen-bond acceptors (Lipinski definition) is 6. The summed E-state index contributed by atoms with van der Waals surface area (Å²) in [6, 6.07) is 5.48. The van der Waals surface area contributed by atoms with Crippen LogP contribution in [0.25, 0.3) is 0 Å². The zero-order chi connectivity index (χ0) is 17.8. The van der Waals surface area contributed by atoms with Crippen LogP contribution in [0.15, 0.2) is 34.3 Å². The van der Waals surface area contributed by atoms with Gasteiger partial charge in [0.05, 0.1) is 16.2 Å². The molecule has 5 nitrogen and oxygen atoms in total.